The van der Waals surface area contributed by atoms with Gasteiger partial charge in [-0.05, 0) is 25.5 Å². The summed E-state index contributed by atoms with van der Waals surface area (Å²) in [4.78, 5) is 19.6. The van der Waals surface area contributed by atoms with Gasteiger partial charge in [-0.2, -0.15) is 0 Å². The summed E-state index contributed by atoms with van der Waals surface area (Å²) >= 11 is 0. The third-order valence-corrected chi connectivity index (χ3v) is 3.43. The normalized spacial score (nSPS) is 19.9. The first-order valence-corrected chi connectivity index (χ1v) is 6.82. The number of rotatable bonds is 3. The summed E-state index contributed by atoms with van der Waals surface area (Å²) < 4.78 is 5.23. The van der Waals surface area contributed by atoms with E-state index in [2.05, 4.69) is 20.6 Å². The molecule has 0 saturated carbocycles. The number of para-hydroxylation sites is 2. The van der Waals surface area contributed by atoms with Crippen LogP contribution in [0.3, 0.4) is 0 Å². The van der Waals surface area contributed by atoms with Crippen LogP contribution in [0.4, 0.5) is 4.79 Å². The number of imidazole rings is 1. The molecule has 0 bridgehead atoms. The summed E-state index contributed by atoms with van der Waals surface area (Å²) in [6.45, 7) is 3.21. The second-order valence-electron chi connectivity index (χ2n) is 5.04. The van der Waals surface area contributed by atoms with Crippen LogP contribution in [0.1, 0.15) is 25.2 Å². The lowest BCUT2D eigenvalue weighted by molar-refractivity contribution is 0.188. The van der Waals surface area contributed by atoms with Gasteiger partial charge >= 0.3 is 6.03 Å². The fourth-order valence-corrected chi connectivity index (χ4v) is 2.32. The Morgan fingerprint density at radius 3 is 3.10 bits per heavy atom. The standard InChI is InChI=1S/C14H18N4O2/c1-9(15-14(19)16-10-6-7-20-8-10)13-17-11-4-2-3-5-12(11)18-13/h2-5,9-10H,6-8H2,1H3,(H,17,18)(H2,15,16,19). The summed E-state index contributed by atoms with van der Waals surface area (Å²) in [7, 11) is 0. The molecule has 1 aromatic carbocycles. The number of aromatic nitrogens is 2. The number of nitrogens with zero attached hydrogens (tertiary/aromatic N) is 1. The zero-order chi connectivity index (χ0) is 13.9. The summed E-state index contributed by atoms with van der Waals surface area (Å²) in [5.41, 5.74) is 1.88. The van der Waals surface area contributed by atoms with Crippen LogP contribution in [0.2, 0.25) is 0 Å². The molecule has 2 unspecified atom stereocenters. The number of carbonyl (C=O) groups is 1. The molecule has 1 aliphatic heterocycles. The highest BCUT2D eigenvalue weighted by atomic mass is 16.5. The van der Waals surface area contributed by atoms with Crippen molar-refractivity contribution >= 4 is 17.1 Å². The number of fused-ring (bicyclic) bond motifs is 1. The van der Waals surface area contributed by atoms with Gasteiger partial charge in [0.15, 0.2) is 0 Å². The molecule has 3 rings (SSSR count). The molecule has 1 fully saturated rings. The summed E-state index contributed by atoms with van der Waals surface area (Å²) in [6.07, 6.45) is 0.867. The van der Waals surface area contributed by atoms with E-state index in [9.17, 15) is 4.79 Å². The number of amides is 2. The average molecular weight is 274 g/mol. The van der Waals surface area contributed by atoms with E-state index in [0.29, 0.717) is 13.2 Å². The highest BCUT2D eigenvalue weighted by Gasteiger charge is 2.19. The van der Waals surface area contributed by atoms with Crippen LogP contribution in [0.25, 0.3) is 11.0 Å². The van der Waals surface area contributed by atoms with Crippen molar-refractivity contribution in [3.05, 3.63) is 30.1 Å². The largest absolute Gasteiger partial charge is 0.379 e. The van der Waals surface area contributed by atoms with Gasteiger partial charge in [0.2, 0.25) is 0 Å². The van der Waals surface area contributed by atoms with Crippen LogP contribution in [0.15, 0.2) is 24.3 Å². The number of carbonyl (C=O) groups excluding carboxylic acids is 1. The van der Waals surface area contributed by atoms with E-state index in [1.165, 1.54) is 0 Å². The smallest absolute Gasteiger partial charge is 0.315 e. The summed E-state index contributed by atoms with van der Waals surface area (Å²) in [6, 6.07) is 7.55. The quantitative estimate of drug-likeness (QED) is 0.797. The van der Waals surface area contributed by atoms with Gasteiger partial charge in [-0.3, -0.25) is 0 Å². The first-order valence-electron chi connectivity index (χ1n) is 6.82. The Balaban J connectivity index is 1.62. The third kappa shape index (κ3) is 2.75. The Morgan fingerprint density at radius 1 is 1.50 bits per heavy atom. The molecule has 2 heterocycles. The van der Waals surface area contributed by atoms with Crippen molar-refractivity contribution in [2.24, 2.45) is 0 Å². The van der Waals surface area contributed by atoms with E-state index < -0.39 is 0 Å². The van der Waals surface area contributed by atoms with Gasteiger partial charge in [0, 0.05) is 6.61 Å². The van der Waals surface area contributed by atoms with Gasteiger partial charge in [0.25, 0.3) is 0 Å². The molecule has 2 amide bonds. The molecule has 1 saturated heterocycles. The van der Waals surface area contributed by atoms with Crippen molar-refractivity contribution in [2.75, 3.05) is 13.2 Å². The van der Waals surface area contributed by atoms with E-state index in [4.69, 9.17) is 4.74 Å². The fourth-order valence-electron chi connectivity index (χ4n) is 2.32. The number of urea groups is 1. The van der Waals surface area contributed by atoms with Crippen LogP contribution < -0.4 is 10.6 Å². The van der Waals surface area contributed by atoms with E-state index in [1.54, 1.807) is 0 Å². The highest BCUT2D eigenvalue weighted by Crippen LogP contribution is 2.15. The highest BCUT2D eigenvalue weighted by molar-refractivity contribution is 5.76. The van der Waals surface area contributed by atoms with Crippen molar-refractivity contribution in [3.63, 3.8) is 0 Å². The van der Waals surface area contributed by atoms with Gasteiger partial charge < -0.3 is 20.4 Å². The lowest BCUT2D eigenvalue weighted by atomic mass is 10.2. The molecule has 2 atom stereocenters. The van der Waals surface area contributed by atoms with Crippen molar-refractivity contribution < 1.29 is 9.53 Å². The number of H-pyrrole nitrogens is 1. The first kappa shape index (κ1) is 12.9. The molecule has 1 aromatic heterocycles. The zero-order valence-corrected chi connectivity index (χ0v) is 11.3. The zero-order valence-electron chi connectivity index (χ0n) is 11.3. The minimum Gasteiger partial charge on any atom is -0.379 e. The van der Waals surface area contributed by atoms with Crippen molar-refractivity contribution in [1.29, 1.82) is 0 Å². The number of hydrogen-bond acceptors (Lipinski definition) is 3. The maximum absolute atomic E-state index is 11.9. The monoisotopic (exact) mass is 274 g/mol. The molecule has 20 heavy (non-hydrogen) atoms. The number of benzene rings is 1. The lowest BCUT2D eigenvalue weighted by Gasteiger charge is -2.15. The maximum atomic E-state index is 11.9. The minimum absolute atomic E-state index is 0.109. The second-order valence-corrected chi connectivity index (χ2v) is 5.04. The van der Waals surface area contributed by atoms with E-state index >= 15 is 0 Å². The number of aromatic amines is 1. The SMILES string of the molecule is CC(NC(=O)NC1CCOC1)c1nc2ccccc2[nH]1. The number of ether oxygens (including phenoxy) is 1. The predicted molar refractivity (Wildman–Crippen MR) is 75.4 cm³/mol. The molecule has 3 N–H and O–H groups in total. The Labute approximate surface area is 116 Å². The molecule has 6 heteroatoms. The van der Waals surface area contributed by atoms with Crippen molar-refractivity contribution in [1.82, 2.24) is 20.6 Å². The maximum Gasteiger partial charge on any atom is 0.315 e. The van der Waals surface area contributed by atoms with Crippen LogP contribution >= 0.6 is 0 Å². The van der Waals surface area contributed by atoms with E-state index in [0.717, 1.165) is 23.3 Å². The lowest BCUT2D eigenvalue weighted by Crippen LogP contribution is -2.43. The second kappa shape index (κ2) is 5.50. The molecule has 1 aliphatic rings. The predicted octanol–water partition coefficient (Wildman–Crippen LogP) is 1.71. The van der Waals surface area contributed by atoms with Crippen molar-refractivity contribution in [2.45, 2.75) is 25.4 Å². The van der Waals surface area contributed by atoms with Crippen LogP contribution in [0.5, 0.6) is 0 Å². The van der Waals surface area contributed by atoms with E-state index in [-0.39, 0.29) is 18.1 Å². The Bertz CT molecular complexity index is 571. The number of nitrogens with one attached hydrogen (secondary N) is 3. The molecule has 0 spiro atoms. The van der Waals surface area contributed by atoms with Gasteiger partial charge in [-0.25, -0.2) is 9.78 Å². The first-order chi connectivity index (χ1) is 9.72. The molecule has 0 aliphatic carbocycles. The molecule has 0 radical (unpaired) electrons. The minimum atomic E-state index is -0.187. The fraction of sp³-hybridized carbons (Fsp3) is 0.429. The van der Waals surface area contributed by atoms with Crippen LogP contribution in [-0.4, -0.2) is 35.3 Å². The Kier molecular flexibility index (Phi) is 3.56. The molecule has 2 aromatic rings. The van der Waals surface area contributed by atoms with E-state index in [1.807, 2.05) is 31.2 Å². The average Bonchev–Trinajstić information content (AvgIpc) is 3.06. The third-order valence-electron chi connectivity index (χ3n) is 3.43. The van der Waals surface area contributed by atoms with Gasteiger partial charge in [0.1, 0.15) is 5.82 Å². The summed E-state index contributed by atoms with van der Waals surface area (Å²) in [5, 5.41) is 5.78. The molecule has 106 valence electrons. The van der Waals surface area contributed by atoms with Gasteiger partial charge in [-0.15, -0.1) is 0 Å². The van der Waals surface area contributed by atoms with Gasteiger partial charge in [-0.1, -0.05) is 12.1 Å². The molecule has 6 nitrogen and oxygen atoms in total. The number of hydrogen-bond donors (Lipinski definition) is 3. The summed E-state index contributed by atoms with van der Waals surface area (Å²) in [5.74, 6) is 0.754. The topological polar surface area (TPSA) is 79.0 Å². The van der Waals surface area contributed by atoms with Crippen LogP contribution in [-0.2, 0) is 4.74 Å². The Hall–Kier alpha value is -2.08. The van der Waals surface area contributed by atoms with Crippen molar-refractivity contribution in [3.8, 4) is 0 Å². The van der Waals surface area contributed by atoms with Crippen LogP contribution in [0, 0.1) is 0 Å². The Morgan fingerprint density at radius 2 is 2.35 bits per heavy atom. The molecular weight excluding hydrogens is 256 g/mol. The molecular formula is C14H18N4O2. The van der Waals surface area contributed by atoms with Gasteiger partial charge in [0.05, 0.1) is 29.7 Å².